The average molecular weight is 323 g/mol. The number of aromatic nitrogens is 2. The lowest BCUT2D eigenvalue weighted by Crippen LogP contribution is -1.84. The summed E-state index contributed by atoms with van der Waals surface area (Å²) < 4.78 is 1.01. The Morgan fingerprint density at radius 2 is 1.70 bits per heavy atom. The van der Waals surface area contributed by atoms with Gasteiger partial charge in [-0.3, -0.25) is 4.98 Å². The van der Waals surface area contributed by atoms with Gasteiger partial charge in [0.05, 0.1) is 5.69 Å². The van der Waals surface area contributed by atoms with Gasteiger partial charge in [0, 0.05) is 38.0 Å². The third-order valence-corrected chi connectivity index (χ3v) is 4.18. The fourth-order valence-corrected chi connectivity index (χ4v) is 3.08. The summed E-state index contributed by atoms with van der Waals surface area (Å²) in [6.45, 7) is 0. The summed E-state index contributed by atoms with van der Waals surface area (Å²) in [5.74, 6) is 0. The number of hydrogen-bond acceptors (Lipinski definition) is 1. The van der Waals surface area contributed by atoms with Gasteiger partial charge in [0.15, 0.2) is 0 Å². The second-order valence-corrected chi connectivity index (χ2v) is 5.62. The van der Waals surface area contributed by atoms with Crippen LogP contribution >= 0.6 is 15.9 Å². The van der Waals surface area contributed by atoms with Crippen LogP contribution in [0.4, 0.5) is 0 Å². The quantitative estimate of drug-likeness (QED) is 0.516. The van der Waals surface area contributed by atoms with Crippen molar-refractivity contribution in [2.75, 3.05) is 0 Å². The van der Waals surface area contributed by atoms with Crippen LogP contribution in [0.1, 0.15) is 0 Å². The molecule has 1 N–H and O–H groups in total. The first-order chi connectivity index (χ1) is 9.83. The summed E-state index contributed by atoms with van der Waals surface area (Å²) in [6, 6.07) is 18.7. The molecular formula is C17H11BrN2. The highest BCUT2D eigenvalue weighted by molar-refractivity contribution is 9.10. The summed E-state index contributed by atoms with van der Waals surface area (Å²) in [4.78, 5) is 7.91. The number of hydrogen-bond donors (Lipinski definition) is 1. The molecule has 96 valence electrons. The van der Waals surface area contributed by atoms with Crippen LogP contribution in [0.25, 0.3) is 33.1 Å². The number of nitrogens with one attached hydrogen (secondary N) is 1. The summed E-state index contributed by atoms with van der Waals surface area (Å²) >= 11 is 3.56. The van der Waals surface area contributed by atoms with Crippen LogP contribution in [0.3, 0.4) is 0 Å². The second kappa shape index (κ2) is 4.46. The minimum absolute atomic E-state index is 0.966. The smallest absolute Gasteiger partial charge is 0.0844 e. The molecule has 0 aliphatic heterocycles. The number of halogens is 1. The monoisotopic (exact) mass is 322 g/mol. The maximum absolute atomic E-state index is 4.45. The molecule has 0 radical (unpaired) electrons. The number of nitrogens with zero attached hydrogens (tertiary/aromatic N) is 1. The van der Waals surface area contributed by atoms with Crippen molar-refractivity contribution in [2.45, 2.75) is 0 Å². The number of rotatable bonds is 1. The molecule has 20 heavy (non-hydrogen) atoms. The summed E-state index contributed by atoms with van der Waals surface area (Å²) in [7, 11) is 0. The van der Waals surface area contributed by atoms with Crippen molar-refractivity contribution in [2.24, 2.45) is 0 Å². The third kappa shape index (κ3) is 1.74. The van der Waals surface area contributed by atoms with E-state index in [1.54, 1.807) is 0 Å². The zero-order valence-corrected chi connectivity index (χ0v) is 12.2. The maximum atomic E-state index is 4.45. The predicted molar refractivity (Wildman–Crippen MR) is 86.7 cm³/mol. The molecule has 4 rings (SSSR count). The van der Waals surface area contributed by atoms with Gasteiger partial charge in [0.25, 0.3) is 0 Å². The SMILES string of the molecule is Brc1cccnc1-c1ccc2c(c1)[nH]c1ccccc12. The Hall–Kier alpha value is -2.13. The van der Waals surface area contributed by atoms with E-state index in [0.717, 1.165) is 21.2 Å². The van der Waals surface area contributed by atoms with Gasteiger partial charge in [-0.15, -0.1) is 0 Å². The van der Waals surface area contributed by atoms with Crippen molar-refractivity contribution >= 4 is 37.7 Å². The van der Waals surface area contributed by atoms with Crippen LogP contribution in [0, 0.1) is 0 Å². The first kappa shape index (κ1) is 11.7. The zero-order valence-electron chi connectivity index (χ0n) is 10.6. The van der Waals surface area contributed by atoms with Gasteiger partial charge in [-0.1, -0.05) is 30.3 Å². The molecule has 4 aromatic rings. The molecule has 0 fully saturated rings. The maximum Gasteiger partial charge on any atom is 0.0844 e. The van der Waals surface area contributed by atoms with E-state index in [9.17, 15) is 0 Å². The summed E-state index contributed by atoms with van der Waals surface area (Å²) in [5.41, 5.74) is 4.38. The fourth-order valence-electron chi connectivity index (χ4n) is 2.60. The van der Waals surface area contributed by atoms with E-state index in [1.165, 1.54) is 16.3 Å². The number of pyridine rings is 1. The molecule has 0 bridgehead atoms. The van der Waals surface area contributed by atoms with Crippen LogP contribution in [0.15, 0.2) is 65.3 Å². The molecule has 0 saturated heterocycles. The van der Waals surface area contributed by atoms with Crippen LogP contribution in [-0.4, -0.2) is 9.97 Å². The van der Waals surface area contributed by atoms with E-state index < -0.39 is 0 Å². The van der Waals surface area contributed by atoms with Crippen LogP contribution in [0.5, 0.6) is 0 Å². The molecule has 0 atom stereocenters. The van der Waals surface area contributed by atoms with E-state index >= 15 is 0 Å². The molecule has 0 saturated carbocycles. The lowest BCUT2D eigenvalue weighted by Gasteiger charge is -2.03. The molecule has 2 heterocycles. The Morgan fingerprint density at radius 3 is 2.60 bits per heavy atom. The van der Waals surface area contributed by atoms with Gasteiger partial charge in [-0.25, -0.2) is 0 Å². The van der Waals surface area contributed by atoms with E-state index in [-0.39, 0.29) is 0 Å². The van der Waals surface area contributed by atoms with Crippen molar-refractivity contribution in [3.05, 3.63) is 65.3 Å². The molecule has 2 aromatic heterocycles. The largest absolute Gasteiger partial charge is 0.354 e. The van der Waals surface area contributed by atoms with Crippen molar-refractivity contribution in [3.8, 4) is 11.3 Å². The molecule has 0 spiro atoms. The van der Waals surface area contributed by atoms with E-state index in [2.05, 4.69) is 62.3 Å². The molecule has 2 nitrogen and oxygen atoms in total. The topological polar surface area (TPSA) is 28.7 Å². The van der Waals surface area contributed by atoms with E-state index in [4.69, 9.17) is 0 Å². The predicted octanol–water partition coefficient (Wildman–Crippen LogP) is 5.15. The number of H-pyrrole nitrogens is 1. The molecule has 3 heteroatoms. The highest BCUT2D eigenvalue weighted by atomic mass is 79.9. The molecular weight excluding hydrogens is 312 g/mol. The molecule has 0 amide bonds. The minimum atomic E-state index is 0.966. The number of benzene rings is 2. The minimum Gasteiger partial charge on any atom is -0.354 e. The van der Waals surface area contributed by atoms with Crippen molar-refractivity contribution < 1.29 is 0 Å². The number of aromatic amines is 1. The van der Waals surface area contributed by atoms with E-state index in [0.29, 0.717) is 0 Å². The van der Waals surface area contributed by atoms with Crippen molar-refractivity contribution in [3.63, 3.8) is 0 Å². The van der Waals surface area contributed by atoms with Crippen molar-refractivity contribution in [1.82, 2.24) is 9.97 Å². The standard InChI is InChI=1S/C17H11BrN2/c18-14-5-3-9-19-17(14)11-7-8-13-12-4-1-2-6-15(12)20-16(13)10-11/h1-10,20H. The van der Waals surface area contributed by atoms with Gasteiger partial charge < -0.3 is 4.98 Å². The van der Waals surface area contributed by atoms with E-state index in [1.807, 2.05) is 24.4 Å². The highest BCUT2D eigenvalue weighted by Crippen LogP contribution is 2.31. The first-order valence-electron chi connectivity index (χ1n) is 6.44. The molecule has 2 aromatic carbocycles. The first-order valence-corrected chi connectivity index (χ1v) is 7.23. The molecule has 0 aliphatic rings. The third-order valence-electron chi connectivity index (χ3n) is 3.54. The van der Waals surface area contributed by atoms with Gasteiger partial charge in [0.1, 0.15) is 0 Å². The highest BCUT2D eigenvalue weighted by Gasteiger charge is 2.08. The van der Waals surface area contributed by atoms with Crippen LogP contribution in [0.2, 0.25) is 0 Å². The Morgan fingerprint density at radius 1 is 0.850 bits per heavy atom. The zero-order chi connectivity index (χ0) is 13.5. The van der Waals surface area contributed by atoms with Gasteiger partial charge in [0.2, 0.25) is 0 Å². The van der Waals surface area contributed by atoms with Crippen molar-refractivity contribution in [1.29, 1.82) is 0 Å². The van der Waals surface area contributed by atoms with Crippen LogP contribution in [-0.2, 0) is 0 Å². The number of para-hydroxylation sites is 1. The second-order valence-electron chi connectivity index (χ2n) is 4.76. The molecule has 0 unspecified atom stereocenters. The Balaban J connectivity index is 2.00. The van der Waals surface area contributed by atoms with Gasteiger partial charge in [-0.2, -0.15) is 0 Å². The molecule has 0 aliphatic carbocycles. The average Bonchev–Trinajstić information content (AvgIpc) is 2.85. The Labute approximate surface area is 124 Å². The fraction of sp³-hybridized carbons (Fsp3) is 0. The van der Waals surface area contributed by atoms with Gasteiger partial charge in [-0.05, 0) is 40.2 Å². The number of fused-ring (bicyclic) bond motifs is 3. The summed E-state index contributed by atoms with van der Waals surface area (Å²) in [5, 5.41) is 2.51. The normalized spacial score (nSPS) is 11.2. The lowest BCUT2D eigenvalue weighted by molar-refractivity contribution is 1.31. The van der Waals surface area contributed by atoms with Gasteiger partial charge >= 0.3 is 0 Å². The Bertz CT molecular complexity index is 924. The lowest BCUT2D eigenvalue weighted by atomic mass is 10.1. The summed E-state index contributed by atoms with van der Waals surface area (Å²) in [6.07, 6.45) is 1.81. The van der Waals surface area contributed by atoms with Crippen LogP contribution < -0.4 is 0 Å². The Kier molecular flexibility index (Phi) is 2.60.